The van der Waals surface area contributed by atoms with Crippen molar-refractivity contribution in [2.75, 3.05) is 23.4 Å². The fraction of sp³-hybridized carbons (Fsp3) is 0.357. The number of hydrogen-bond donors (Lipinski definition) is 1. The fourth-order valence-corrected chi connectivity index (χ4v) is 2.52. The second-order valence-corrected chi connectivity index (χ2v) is 4.94. The van der Waals surface area contributed by atoms with E-state index < -0.39 is 0 Å². The lowest BCUT2D eigenvalue weighted by molar-refractivity contribution is 0.315. The van der Waals surface area contributed by atoms with Crippen LogP contribution in [0, 0.1) is 22.7 Å². The van der Waals surface area contributed by atoms with Crippen molar-refractivity contribution < 1.29 is 4.63 Å². The first kappa shape index (κ1) is 13.8. The highest BCUT2D eigenvalue weighted by atomic mass is 16.6. The molecule has 0 unspecified atom stereocenters. The van der Waals surface area contributed by atoms with Gasteiger partial charge in [0.2, 0.25) is 5.71 Å². The molecule has 2 heterocycles. The molecule has 22 heavy (non-hydrogen) atoms. The summed E-state index contributed by atoms with van der Waals surface area (Å²) in [6.07, 6.45) is 3.56. The molecule has 1 N–H and O–H groups in total. The molecule has 2 aromatic rings. The highest BCUT2D eigenvalue weighted by molar-refractivity contribution is 6.10. The lowest BCUT2D eigenvalue weighted by Crippen LogP contribution is -2.29. The van der Waals surface area contributed by atoms with Gasteiger partial charge in [-0.25, -0.2) is 4.63 Å². The van der Waals surface area contributed by atoms with E-state index in [1.165, 1.54) is 6.42 Å². The molecule has 1 aromatic carbocycles. The van der Waals surface area contributed by atoms with E-state index in [4.69, 9.17) is 15.2 Å². The van der Waals surface area contributed by atoms with Gasteiger partial charge in [-0.05, 0) is 41.7 Å². The summed E-state index contributed by atoms with van der Waals surface area (Å²) in [5, 5.41) is 29.0. The Morgan fingerprint density at radius 3 is 2.59 bits per heavy atom. The van der Waals surface area contributed by atoms with E-state index in [-0.39, 0.29) is 5.71 Å². The van der Waals surface area contributed by atoms with Gasteiger partial charge in [0, 0.05) is 13.1 Å². The molecule has 8 heteroatoms. The summed E-state index contributed by atoms with van der Waals surface area (Å²) >= 11 is 0. The van der Waals surface area contributed by atoms with E-state index in [0.717, 1.165) is 31.6 Å². The topological polar surface area (TPSA) is 114 Å². The molecule has 1 fully saturated rings. The smallest absolute Gasteiger partial charge is 0.237 e. The monoisotopic (exact) mass is 295 g/mol. The van der Waals surface area contributed by atoms with Crippen molar-refractivity contribution >= 4 is 28.1 Å². The number of nitrogens with zero attached hydrogens (tertiary/aromatic N) is 6. The number of anilines is 2. The van der Waals surface area contributed by atoms with E-state index in [2.05, 4.69) is 25.7 Å². The van der Waals surface area contributed by atoms with E-state index in [1.54, 1.807) is 18.2 Å². The van der Waals surface area contributed by atoms with Crippen LogP contribution in [0.3, 0.4) is 0 Å². The maximum absolute atomic E-state index is 8.70. The highest BCUT2D eigenvalue weighted by Crippen LogP contribution is 2.31. The SMILES string of the molecule is N#CC(C#N)=NNc1ccc(N2CCCCC2)c2nonc12. The number of nitrogens with one attached hydrogen (secondary N) is 1. The van der Waals surface area contributed by atoms with Crippen molar-refractivity contribution in [2.24, 2.45) is 5.10 Å². The van der Waals surface area contributed by atoms with Crippen LogP contribution < -0.4 is 10.3 Å². The van der Waals surface area contributed by atoms with Gasteiger partial charge in [0.05, 0.1) is 11.4 Å². The highest BCUT2D eigenvalue weighted by Gasteiger charge is 2.18. The van der Waals surface area contributed by atoms with Crippen LogP contribution in [0.5, 0.6) is 0 Å². The summed E-state index contributed by atoms with van der Waals surface area (Å²) in [7, 11) is 0. The average Bonchev–Trinajstić information content (AvgIpc) is 3.06. The molecule has 0 amide bonds. The maximum Gasteiger partial charge on any atom is 0.237 e. The Morgan fingerprint density at radius 1 is 1.14 bits per heavy atom. The third kappa shape index (κ3) is 2.54. The number of hydrogen-bond acceptors (Lipinski definition) is 8. The number of aromatic nitrogens is 2. The van der Waals surface area contributed by atoms with E-state index in [0.29, 0.717) is 16.7 Å². The van der Waals surface area contributed by atoms with Crippen LogP contribution in [-0.2, 0) is 0 Å². The van der Waals surface area contributed by atoms with Crippen molar-refractivity contribution in [1.29, 1.82) is 10.5 Å². The molecule has 110 valence electrons. The summed E-state index contributed by atoms with van der Waals surface area (Å²) in [5.74, 6) is 0. The summed E-state index contributed by atoms with van der Waals surface area (Å²) < 4.78 is 4.85. The number of piperidine rings is 1. The molecule has 0 atom stereocenters. The van der Waals surface area contributed by atoms with E-state index in [1.807, 2.05) is 6.07 Å². The summed E-state index contributed by atoms with van der Waals surface area (Å²) in [4.78, 5) is 2.26. The Morgan fingerprint density at radius 2 is 1.86 bits per heavy atom. The predicted octanol–water partition coefficient (Wildman–Crippen LogP) is 2.03. The van der Waals surface area contributed by atoms with Gasteiger partial charge in [0.1, 0.15) is 12.1 Å². The van der Waals surface area contributed by atoms with E-state index >= 15 is 0 Å². The molecule has 1 aromatic heterocycles. The third-order valence-corrected chi connectivity index (χ3v) is 3.59. The molecule has 0 spiro atoms. The second kappa shape index (κ2) is 6.10. The largest absolute Gasteiger partial charge is 0.370 e. The normalized spacial score (nSPS) is 14.2. The van der Waals surface area contributed by atoms with Gasteiger partial charge in [-0.15, -0.1) is 0 Å². The summed E-state index contributed by atoms with van der Waals surface area (Å²) in [6, 6.07) is 7.09. The molecule has 0 aliphatic carbocycles. The molecule has 1 aliphatic rings. The molecular formula is C14H13N7O. The molecule has 0 saturated carbocycles. The van der Waals surface area contributed by atoms with Crippen LogP contribution in [0.2, 0.25) is 0 Å². The Bertz CT molecular complexity index is 774. The van der Waals surface area contributed by atoms with Gasteiger partial charge >= 0.3 is 0 Å². The van der Waals surface area contributed by atoms with Crippen LogP contribution in [0.15, 0.2) is 21.9 Å². The van der Waals surface area contributed by atoms with Crippen molar-refractivity contribution in [3.63, 3.8) is 0 Å². The zero-order chi connectivity index (χ0) is 15.4. The van der Waals surface area contributed by atoms with Gasteiger partial charge in [-0.2, -0.15) is 15.6 Å². The molecule has 0 bridgehead atoms. The summed E-state index contributed by atoms with van der Waals surface area (Å²) in [6.45, 7) is 1.97. The second-order valence-electron chi connectivity index (χ2n) is 4.94. The van der Waals surface area contributed by atoms with Gasteiger partial charge < -0.3 is 4.90 Å². The van der Waals surface area contributed by atoms with Crippen LogP contribution in [-0.4, -0.2) is 29.1 Å². The van der Waals surface area contributed by atoms with Crippen LogP contribution in [0.1, 0.15) is 19.3 Å². The van der Waals surface area contributed by atoms with Crippen molar-refractivity contribution in [1.82, 2.24) is 10.3 Å². The van der Waals surface area contributed by atoms with Gasteiger partial charge in [0.15, 0.2) is 11.0 Å². The van der Waals surface area contributed by atoms with Crippen LogP contribution in [0.25, 0.3) is 11.0 Å². The molecule has 1 aliphatic heterocycles. The van der Waals surface area contributed by atoms with Crippen LogP contribution >= 0.6 is 0 Å². The zero-order valence-electron chi connectivity index (χ0n) is 11.8. The number of hydrazone groups is 1. The molecular weight excluding hydrogens is 282 g/mol. The van der Waals surface area contributed by atoms with Crippen molar-refractivity contribution in [3.8, 4) is 12.1 Å². The minimum atomic E-state index is -0.260. The van der Waals surface area contributed by atoms with Crippen molar-refractivity contribution in [3.05, 3.63) is 12.1 Å². The molecule has 1 saturated heterocycles. The number of nitriles is 2. The molecule has 3 rings (SSSR count). The lowest BCUT2D eigenvalue weighted by Gasteiger charge is -2.28. The Hall–Kier alpha value is -3.13. The molecule has 0 radical (unpaired) electrons. The van der Waals surface area contributed by atoms with Crippen molar-refractivity contribution in [2.45, 2.75) is 19.3 Å². The minimum absolute atomic E-state index is 0.260. The first-order chi connectivity index (χ1) is 10.8. The number of benzene rings is 1. The first-order valence-corrected chi connectivity index (χ1v) is 6.97. The third-order valence-electron chi connectivity index (χ3n) is 3.59. The number of rotatable bonds is 3. The lowest BCUT2D eigenvalue weighted by atomic mass is 10.1. The first-order valence-electron chi connectivity index (χ1n) is 6.97. The summed E-state index contributed by atoms with van der Waals surface area (Å²) in [5.41, 5.74) is 5.11. The Labute approximate surface area is 126 Å². The minimum Gasteiger partial charge on any atom is -0.370 e. The zero-order valence-corrected chi connectivity index (χ0v) is 11.8. The predicted molar refractivity (Wildman–Crippen MR) is 80.2 cm³/mol. The number of fused-ring (bicyclic) bond motifs is 1. The molecule has 8 nitrogen and oxygen atoms in total. The van der Waals surface area contributed by atoms with Gasteiger partial charge in [-0.3, -0.25) is 5.43 Å². The van der Waals surface area contributed by atoms with Crippen LogP contribution in [0.4, 0.5) is 11.4 Å². The van der Waals surface area contributed by atoms with Gasteiger partial charge in [-0.1, -0.05) is 0 Å². The standard InChI is InChI=1S/C14H13N7O/c15-8-10(9-16)17-18-11-4-5-12(14-13(11)19-22-20-14)21-6-2-1-3-7-21/h4-5,18H,1-3,6-7H2. The maximum atomic E-state index is 8.70. The Balaban J connectivity index is 1.95. The quantitative estimate of drug-likeness (QED) is 0.680. The van der Waals surface area contributed by atoms with Gasteiger partial charge in [0.25, 0.3) is 0 Å². The van der Waals surface area contributed by atoms with E-state index in [9.17, 15) is 0 Å². The Kier molecular flexibility index (Phi) is 3.84. The fourth-order valence-electron chi connectivity index (χ4n) is 2.52. The average molecular weight is 295 g/mol.